The van der Waals surface area contributed by atoms with E-state index in [1.54, 1.807) is 41.7 Å². The van der Waals surface area contributed by atoms with E-state index in [-0.39, 0.29) is 10.7 Å². The molecule has 32 heavy (non-hydrogen) atoms. The van der Waals surface area contributed by atoms with Gasteiger partial charge in [0.15, 0.2) is 0 Å². The van der Waals surface area contributed by atoms with Crippen LogP contribution in [0.15, 0.2) is 47.4 Å². The normalized spacial score (nSPS) is 23.7. The Hall–Kier alpha value is -2.20. The summed E-state index contributed by atoms with van der Waals surface area (Å²) >= 11 is 0. The average molecular weight is 464 g/mol. The monoisotopic (exact) mass is 463 g/mol. The van der Waals surface area contributed by atoms with Crippen molar-refractivity contribution >= 4 is 15.7 Å². The molecule has 2 aromatic rings. The van der Waals surface area contributed by atoms with Crippen LogP contribution in [0.3, 0.4) is 0 Å². The Bertz CT molecular complexity index is 1060. The van der Waals surface area contributed by atoms with Crippen molar-refractivity contribution in [3.8, 4) is 5.75 Å². The third-order valence-corrected chi connectivity index (χ3v) is 8.19. The number of piperazine rings is 1. The van der Waals surface area contributed by atoms with E-state index < -0.39 is 22.3 Å². The molecule has 2 atom stereocenters. The van der Waals surface area contributed by atoms with E-state index in [4.69, 9.17) is 9.47 Å². The van der Waals surface area contributed by atoms with Gasteiger partial charge in [0.1, 0.15) is 23.8 Å². The van der Waals surface area contributed by atoms with Crippen molar-refractivity contribution in [1.82, 2.24) is 9.21 Å². The number of fused-ring (bicyclic) bond motifs is 1. The van der Waals surface area contributed by atoms with E-state index in [9.17, 15) is 12.8 Å². The van der Waals surface area contributed by atoms with E-state index in [2.05, 4.69) is 4.90 Å². The summed E-state index contributed by atoms with van der Waals surface area (Å²) in [6.45, 7) is 4.69. The van der Waals surface area contributed by atoms with Crippen molar-refractivity contribution in [3.05, 3.63) is 53.8 Å². The van der Waals surface area contributed by atoms with Crippen LogP contribution < -0.4 is 9.64 Å². The lowest BCUT2D eigenvalue weighted by molar-refractivity contribution is -0.0467. The predicted molar refractivity (Wildman–Crippen MR) is 121 cm³/mol. The number of hydrogen-bond acceptors (Lipinski definition) is 6. The first-order chi connectivity index (χ1) is 15.4. The fourth-order valence-corrected chi connectivity index (χ4v) is 6.75. The Balaban J connectivity index is 1.69. The van der Waals surface area contributed by atoms with E-state index >= 15 is 0 Å². The van der Waals surface area contributed by atoms with Gasteiger partial charge in [0, 0.05) is 45.4 Å². The fraction of sp³-hybridized carbons (Fsp3) is 0.478. The van der Waals surface area contributed by atoms with Gasteiger partial charge in [0.25, 0.3) is 0 Å². The molecular formula is C23H30FN3O4S. The van der Waals surface area contributed by atoms with Gasteiger partial charge in [-0.15, -0.1) is 0 Å². The number of benzene rings is 2. The molecule has 1 fully saturated rings. The van der Waals surface area contributed by atoms with Crippen LogP contribution in [-0.4, -0.2) is 70.7 Å². The van der Waals surface area contributed by atoms with Gasteiger partial charge in [-0.05, 0) is 30.7 Å². The van der Waals surface area contributed by atoms with Crippen LogP contribution in [0.2, 0.25) is 0 Å². The minimum absolute atomic E-state index is 0.235. The van der Waals surface area contributed by atoms with Crippen LogP contribution in [0, 0.1) is 5.82 Å². The smallest absolute Gasteiger partial charge is 0.245 e. The highest BCUT2D eigenvalue weighted by atomic mass is 32.2. The Morgan fingerprint density at radius 2 is 1.75 bits per heavy atom. The van der Waals surface area contributed by atoms with Crippen molar-refractivity contribution in [3.63, 3.8) is 0 Å². The molecule has 2 aromatic carbocycles. The molecule has 2 aliphatic heterocycles. The van der Waals surface area contributed by atoms with Crippen LogP contribution in [0.25, 0.3) is 0 Å². The van der Waals surface area contributed by atoms with E-state index in [0.717, 1.165) is 0 Å². The molecule has 0 aromatic heterocycles. The first-order valence-electron chi connectivity index (χ1n) is 10.9. The van der Waals surface area contributed by atoms with Crippen molar-refractivity contribution in [2.24, 2.45) is 0 Å². The zero-order valence-corrected chi connectivity index (χ0v) is 19.5. The molecule has 7 nitrogen and oxygen atoms in total. The van der Waals surface area contributed by atoms with Crippen molar-refractivity contribution in [2.75, 3.05) is 51.8 Å². The van der Waals surface area contributed by atoms with E-state index in [0.29, 0.717) is 56.1 Å². The molecule has 2 unspecified atom stereocenters. The number of nitrogens with zero attached hydrogens (tertiary/aromatic N) is 3. The first kappa shape index (κ1) is 23.0. The van der Waals surface area contributed by atoms with Gasteiger partial charge in [0.2, 0.25) is 10.0 Å². The molecule has 2 heterocycles. The molecule has 0 spiro atoms. The lowest BCUT2D eigenvalue weighted by Crippen LogP contribution is -2.61. The summed E-state index contributed by atoms with van der Waals surface area (Å²) < 4.78 is 54.6. The lowest BCUT2D eigenvalue weighted by Gasteiger charge is -2.48. The van der Waals surface area contributed by atoms with Gasteiger partial charge >= 0.3 is 0 Å². The molecule has 2 aliphatic rings. The van der Waals surface area contributed by atoms with Gasteiger partial charge in [-0.25, -0.2) is 12.8 Å². The maximum absolute atomic E-state index is 14.3. The first-order valence-corrected chi connectivity index (χ1v) is 12.3. The number of halogens is 1. The summed E-state index contributed by atoms with van der Waals surface area (Å²) in [6.07, 6.45) is -0.325. The minimum atomic E-state index is -3.73. The quantitative estimate of drug-likeness (QED) is 0.656. The second-order valence-electron chi connectivity index (χ2n) is 8.03. The molecule has 9 heteroatoms. The number of hydrogen-bond donors (Lipinski definition) is 0. The summed E-state index contributed by atoms with van der Waals surface area (Å²) in [7, 11) is -0.593. The van der Waals surface area contributed by atoms with Crippen molar-refractivity contribution in [1.29, 1.82) is 0 Å². The summed E-state index contributed by atoms with van der Waals surface area (Å²) in [5.74, 6) is 0.256. The second-order valence-corrected chi connectivity index (χ2v) is 9.89. The Kier molecular flexibility index (Phi) is 6.71. The highest BCUT2D eigenvalue weighted by Crippen LogP contribution is 2.44. The average Bonchev–Trinajstić information content (AvgIpc) is 2.81. The summed E-state index contributed by atoms with van der Waals surface area (Å²) in [5.41, 5.74) is 1.13. The predicted octanol–water partition coefficient (Wildman–Crippen LogP) is 3.08. The second kappa shape index (κ2) is 9.35. The number of ether oxygens (including phenoxy) is 2. The molecule has 0 bridgehead atoms. The van der Waals surface area contributed by atoms with E-state index in [1.165, 1.54) is 13.2 Å². The third kappa shape index (κ3) is 3.87. The summed E-state index contributed by atoms with van der Waals surface area (Å²) in [5, 5.41) is 0. The van der Waals surface area contributed by atoms with Gasteiger partial charge < -0.3 is 14.4 Å². The number of methoxy groups -OCH3 is 2. The highest BCUT2D eigenvalue weighted by molar-refractivity contribution is 7.89. The standard InChI is InChI=1S/C23H30FN3O4S/c1-4-12-27-23(26-15-13-25(14-16-26)18-9-6-5-8-17(18)24)22(31-3)21-19(30-2)10-7-11-20(21)32(27,28)29/h5-11,22-23H,4,12-16H2,1-3H3. The fourth-order valence-electron chi connectivity index (χ4n) is 4.80. The maximum Gasteiger partial charge on any atom is 0.245 e. The lowest BCUT2D eigenvalue weighted by atomic mass is 10.0. The third-order valence-electron chi connectivity index (χ3n) is 6.26. The Morgan fingerprint density at radius 1 is 1.03 bits per heavy atom. The van der Waals surface area contributed by atoms with Gasteiger partial charge in [-0.2, -0.15) is 4.31 Å². The molecule has 4 rings (SSSR count). The molecule has 0 N–H and O–H groups in total. The topological polar surface area (TPSA) is 62.3 Å². The number of para-hydroxylation sites is 1. The summed E-state index contributed by atoms with van der Waals surface area (Å²) in [6, 6.07) is 11.8. The highest BCUT2D eigenvalue weighted by Gasteiger charge is 2.48. The zero-order valence-electron chi connectivity index (χ0n) is 18.7. The van der Waals surface area contributed by atoms with Crippen LogP contribution >= 0.6 is 0 Å². The molecule has 174 valence electrons. The largest absolute Gasteiger partial charge is 0.496 e. The Morgan fingerprint density at radius 3 is 2.38 bits per heavy atom. The zero-order chi connectivity index (χ0) is 22.9. The Labute approximate surface area is 189 Å². The van der Waals surface area contributed by atoms with Gasteiger partial charge in [-0.1, -0.05) is 25.1 Å². The molecule has 0 amide bonds. The molecule has 0 saturated carbocycles. The molecule has 1 saturated heterocycles. The van der Waals surface area contributed by atoms with Crippen molar-refractivity contribution < 1.29 is 22.3 Å². The molecule has 0 radical (unpaired) electrons. The number of anilines is 1. The van der Waals surface area contributed by atoms with E-state index in [1.807, 2.05) is 17.9 Å². The van der Waals surface area contributed by atoms with Crippen LogP contribution in [-0.2, 0) is 14.8 Å². The van der Waals surface area contributed by atoms with Crippen LogP contribution in [0.1, 0.15) is 25.0 Å². The van der Waals surface area contributed by atoms with Crippen molar-refractivity contribution in [2.45, 2.75) is 30.5 Å². The van der Waals surface area contributed by atoms with Gasteiger partial charge in [0.05, 0.1) is 17.7 Å². The van der Waals surface area contributed by atoms with Crippen LogP contribution in [0.5, 0.6) is 5.75 Å². The minimum Gasteiger partial charge on any atom is -0.496 e. The SMILES string of the molecule is CCCN1C(N2CCN(c3ccccc3F)CC2)C(OC)c2c(OC)cccc2S1(=O)=O. The number of rotatable bonds is 6. The molecular weight excluding hydrogens is 433 g/mol. The number of sulfonamides is 1. The molecule has 0 aliphatic carbocycles. The summed E-state index contributed by atoms with van der Waals surface area (Å²) in [4.78, 5) is 4.37. The maximum atomic E-state index is 14.3. The van der Waals surface area contributed by atoms with Gasteiger partial charge in [-0.3, -0.25) is 4.90 Å². The van der Waals surface area contributed by atoms with Crippen LogP contribution in [0.4, 0.5) is 10.1 Å².